The van der Waals surface area contributed by atoms with E-state index in [0.717, 1.165) is 15.8 Å². The molecule has 0 fully saturated rings. The zero-order valence-corrected chi connectivity index (χ0v) is 17.0. The third-order valence-electron chi connectivity index (χ3n) is 3.58. The lowest BCUT2D eigenvalue weighted by atomic mass is 10.1. The molecule has 1 amide bonds. The number of hydrogen-bond acceptors (Lipinski definition) is 6. The van der Waals surface area contributed by atoms with Gasteiger partial charge >= 0.3 is 0 Å². The van der Waals surface area contributed by atoms with E-state index in [1.807, 2.05) is 18.2 Å². The molecule has 0 aliphatic carbocycles. The molecule has 2 heterocycles. The van der Waals surface area contributed by atoms with Crippen LogP contribution in [0.1, 0.15) is 20.3 Å². The van der Waals surface area contributed by atoms with Gasteiger partial charge in [0, 0.05) is 18.7 Å². The lowest BCUT2D eigenvalue weighted by Crippen LogP contribution is -2.16. The van der Waals surface area contributed by atoms with Gasteiger partial charge in [-0.2, -0.15) is 0 Å². The molecule has 142 valence electrons. The Morgan fingerprint density at radius 3 is 2.74 bits per heavy atom. The second-order valence-corrected chi connectivity index (χ2v) is 9.10. The van der Waals surface area contributed by atoms with Gasteiger partial charge in [0.15, 0.2) is 10.3 Å². The molecule has 2 aromatic heterocycles. The SMILES string of the molecule is CCCS(=O)(=O)Nc1cc(-c2ccc3nc(NC(C)=O)sc3c2)cnc1Cl. The first-order valence-corrected chi connectivity index (χ1v) is 11.0. The Bertz CT molecular complexity index is 1110. The van der Waals surface area contributed by atoms with Crippen molar-refractivity contribution in [3.05, 3.63) is 35.6 Å². The Morgan fingerprint density at radius 1 is 1.26 bits per heavy atom. The van der Waals surface area contributed by atoms with E-state index in [1.54, 1.807) is 19.2 Å². The number of carbonyl (C=O) groups is 1. The predicted octanol–water partition coefficient (Wildman–Crippen LogP) is 4.12. The number of nitrogens with zero attached hydrogens (tertiary/aromatic N) is 2. The molecule has 0 bridgehead atoms. The normalized spacial score (nSPS) is 11.5. The Kier molecular flexibility index (Phi) is 5.64. The maximum absolute atomic E-state index is 12.0. The van der Waals surface area contributed by atoms with Crippen LogP contribution in [0.3, 0.4) is 0 Å². The van der Waals surface area contributed by atoms with E-state index in [-0.39, 0.29) is 22.5 Å². The molecule has 0 aliphatic rings. The van der Waals surface area contributed by atoms with E-state index in [0.29, 0.717) is 17.1 Å². The van der Waals surface area contributed by atoms with Gasteiger partial charge < -0.3 is 5.32 Å². The number of rotatable bonds is 6. The molecule has 2 N–H and O–H groups in total. The van der Waals surface area contributed by atoms with Crippen molar-refractivity contribution in [1.82, 2.24) is 9.97 Å². The fourth-order valence-electron chi connectivity index (χ4n) is 2.47. The lowest BCUT2D eigenvalue weighted by molar-refractivity contribution is -0.114. The predicted molar refractivity (Wildman–Crippen MR) is 110 cm³/mol. The second kappa shape index (κ2) is 7.79. The summed E-state index contributed by atoms with van der Waals surface area (Å²) in [6.07, 6.45) is 2.08. The van der Waals surface area contributed by atoms with Gasteiger partial charge in [0.2, 0.25) is 15.9 Å². The van der Waals surface area contributed by atoms with Crippen LogP contribution in [0.25, 0.3) is 21.3 Å². The van der Waals surface area contributed by atoms with Gasteiger partial charge in [-0.05, 0) is 30.2 Å². The highest BCUT2D eigenvalue weighted by atomic mass is 35.5. The summed E-state index contributed by atoms with van der Waals surface area (Å²) in [6, 6.07) is 7.25. The summed E-state index contributed by atoms with van der Waals surface area (Å²) in [7, 11) is -3.47. The quantitative estimate of drug-likeness (QED) is 0.579. The van der Waals surface area contributed by atoms with Gasteiger partial charge in [-0.1, -0.05) is 35.9 Å². The first-order valence-electron chi connectivity index (χ1n) is 8.12. The number of halogens is 1. The van der Waals surface area contributed by atoms with Crippen molar-refractivity contribution in [3.8, 4) is 11.1 Å². The van der Waals surface area contributed by atoms with Gasteiger partial charge in [-0.3, -0.25) is 9.52 Å². The summed E-state index contributed by atoms with van der Waals surface area (Å²) in [5.74, 6) is -0.174. The molecule has 0 saturated carbocycles. The van der Waals surface area contributed by atoms with Gasteiger partial charge in [0.25, 0.3) is 0 Å². The third kappa shape index (κ3) is 4.74. The highest BCUT2D eigenvalue weighted by molar-refractivity contribution is 7.92. The Balaban J connectivity index is 1.96. The van der Waals surface area contributed by atoms with E-state index in [2.05, 4.69) is 20.0 Å². The molecule has 27 heavy (non-hydrogen) atoms. The molecule has 0 atom stereocenters. The molecule has 3 aromatic rings. The molecule has 7 nitrogen and oxygen atoms in total. The summed E-state index contributed by atoms with van der Waals surface area (Å²) in [6.45, 7) is 3.22. The molecular weight excluding hydrogens is 408 g/mol. The van der Waals surface area contributed by atoms with E-state index < -0.39 is 10.0 Å². The van der Waals surface area contributed by atoms with Crippen molar-refractivity contribution in [1.29, 1.82) is 0 Å². The van der Waals surface area contributed by atoms with Crippen LogP contribution >= 0.6 is 22.9 Å². The first kappa shape index (κ1) is 19.5. The van der Waals surface area contributed by atoms with Gasteiger partial charge in [-0.15, -0.1) is 0 Å². The van der Waals surface area contributed by atoms with Crippen molar-refractivity contribution in [2.75, 3.05) is 15.8 Å². The molecule has 3 rings (SSSR count). The number of carbonyl (C=O) groups excluding carboxylic acids is 1. The van der Waals surface area contributed by atoms with E-state index >= 15 is 0 Å². The maximum atomic E-state index is 12.0. The van der Waals surface area contributed by atoms with Gasteiger partial charge in [-0.25, -0.2) is 18.4 Å². The Labute approximate surface area is 165 Å². The standard InChI is InChI=1S/C17H17ClN4O3S2/c1-3-6-27(24,25)22-14-7-12(9-19-16(14)18)11-4-5-13-15(8-11)26-17(21-13)20-10(2)23/h4-5,7-9,22H,3,6H2,1-2H3,(H,20,21,23). The van der Waals surface area contributed by atoms with E-state index in [9.17, 15) is 13.2 Å². The van der Waals surface area contributed by atoms with Crippen LogP contribution in [-0.2, 0) is 14.8 Å². The maximum Gasteiger partial charge on any atom is 0.232 e. The Hall–Kier alpha value is -2.23. The highest BCUT2D eigenvalue weighted by Crippen LogP contribution is 2.32. The van der Waals surface area contributed by atoms with E-state index in [4.69, 9.17) is 11.6 Å². The number of anilines is 2. The zero-order valence-electron chi connectivity index (χ0n) is 14.6. The average Bonchev–Trinajstić information content (AvgIpc) is 2.97. The smallest absolute Gasteiger partial charge is 0.232 e. The number of amides is 1. The monoisotopic (exact) mass is 424 g/mol. The van der Waals surface area contributed by atoms with Crippen molar-refractivity contribution in [2.45, 2.75) is 20.3 Å². The number of fused-ring (bicyclic) bond motifs is 1. The summed E-state index contributed by atoms with van der Waals surface area (Å²) < 4.78 is 27.4. The van der Waals surface area contributed by atoms with Crippen LogP contribution in [0.5, 0.6) is 0 Å². The molecule has 0 saturated heterocycles. The Morgan fingerprint density at radius 2 is 2.04 bits per heavy atom. The number of pyridine rings is 1. The zero-order chi connectivity index (χ0) is 19.6. The third-order valence-corrected chi connectivity index (χ3v) is 6.29. The fraction of sp³-hybridized carbons (Fsp3) is 0.235. The van der Waals surface area contributed by atoms with Crippen LogP contribution in [-0.4, -0.2) is 30.0 Å². The summed E-state index contributed by atoms with van der Waals surface area (Å²) >= 11 is 7.41. The van der Waals surface area contributed by atoms with Crippen LogP contribution in [0.2, 0.25) is 5.15 Å². The van der Waals surface area contributed by atoms with Gasteiger partial charge in [0.1, 0.15) is 0 Å². The topological polar surface area (TPSA) is 101 Å². The molecule has 0 aliphatic heterocycles. The van der Waals surface area contributed by atoms with Crippen LogP contribution < -0.4 is 10.0 Å². The van der Waals surface area contributed by atoms with E-state index in [1.165, 1.54) is 18.3 Å². The second-order valence-electron chi connectivity index (χ2n) is 5.87. The minimum Gasteiger partial charge on any atom is -0.302 e. The number of aromatic nitrogens is 2. The van der Waals surface area contributed by atoms with Crippen molar-refractivity contribution >= 4 is 59.9 Å². The molecule has 0 unspecified atom stereocenters. The number of hydrogen-bond donors (Lipinski definition) is 2. The van der Waals surface area contributed by atoms with Crippen molar-refractivity contribution in [3.63, 3.8) is 0 Å². The minimum atomic E-state index is -3.47. The minimum absolute atomic E-state index is 0.00626. The van der Waals surface area contributed by atoms with Crippen LogP contribution in [0.15, 0.2) is 30.5 Å². The van der Waals surface area contributed by atoms with Crippen molar-refractivity contribution < 1.29 is 13.2 Å². The number of sulfonamides is 1. The molecule has 0 spiro atoms. The lowest BCUT2D eigenvalue weighted by Gasteiger charge is -2.10. The summed E-state index contributed by atoms with van der Waals surface area (Å²) in [5.41, 5.74) is 2.55. The largest absolute Gasteiger partial charge is 0.302 e. The molecule has 1 aromatic carbocycles. The van der Waals surface area contributed by atoms with Crippen molar-refractivity contribution in [2.24, 2.45) is 0 Å². The van der Waals surface area contributed by atoms with Gasteiger partial charge in [0.05, 0.1) is 21.7 Å². The first-order chi connectivity index (χ1) is 12.8. The molecule has 0 radical (unpaired) electrons. The fourth-order valence-corrected chi connectivity index (χ4v) is 4.76. The molecule has 10 heteroatoms. The van der Waals surface area contributed by atoms with Crippen LogP contribution in [0.4, 0.5) is 10.8 Å². The molecular formula is C17H17ClN4O3S2. The highest BCUT2D eigenvalue weighted by Gasteiger charge is 2.14. The summed E-state index contributed by atoms with van der Waals surface area (Å²) in [5, 5.41) is 3.28. The van der Waals surface area contributed by atoms with Crippen LogP contribution in [0, 0.1) is 0 Å². The average molecular weight is 425 g/mol. The number of thiazole rings is 1. The number of nitrogens with one attached hydrogen (secondary N) is 2. The number of benzene rings is 1. The summed E-state index contributed by atoms with van der Waals surface area (Å²) in [4.78, 5) is 19.6.